The molecule has 1 aliphatic rings. The second kappa shape index (κ2) is 7.62. The van der Waals surface area contributed by atoms with Gasteiger partial charge in [0.1, 0.15) is 6.33 Å². The summed E-state index contributed by atoms with van der Waals surface area (Å²) in [4.78, 5) is 35.6. The third-order valence-electron chi connectivity index (χ3n) is 5.23. The SMILES string of the molecule is CC(C)c1c(C(=O)OCC(=O)N2c3ccccc3CCC2C)cnc2ncnn12. The van der Waals surface area contributed by atoms with E-state index in [-0.39, 0.29) is 30.0 Å². The first-order chi connectivity index (χ1) is 14.0. The van der Waals surface area contributed by atoms with Gasteiger partial charge in [-0.2, -0.15) is 10.1 Å². The molecule has 150 valence electrons. The summed E-state index contributed by atoms with van der Waals surface area (Å²) in [7, 11) is 0. The van der Waals surface area contributed by atoms with E-state index in [0.29, 0.717) is 11.5 Å². The molecule has 8 heteroatoms. The molecule has 3 aromatic rings. The van der Waals surface area contributed by atoms with Gasteiger partial charge in [-0.1, -0.05) is 32.0 Å². The van der Waals surface area contributed by atoms with E-state index in [4.69, 9.17) is 4.74 Å². The van der Waals surface area contributed by atoms with Gasteiger partial charge in [0.05, 0.1) is 11.3 Å². The molecule has 1 amide bonds. The highest BCUT2D eigenvalue weighted by Gasteiger charge is 2.29. The fraction of sp³-hybridized carbons (Fsp3) is 0.381. The Bertz CT molecular complexity index is 1080. The molecule has 0 saturated carbocycles. The Kier molecular flexibility index (Phi) is 5.00. The summed E-state index contributed by atoms with van der Waals surface area (Å²) in [5.74, 6) is -0.418. The Morgan fingerprint density at radius 2 is 2.03 bits per heavy atom. The van der Waals surface area contributed by atoms with Gasteiger partial charge in [-0.15, -0.1) is 0 Å². The van der Waals surface area contributed by atoms with E-state index in [2.05, 4.69) is 15.1 Å². The molecule has 0 spiro atoms. The molecule has 8 nitrogen and oxygen atoms in total. The molecule has 0 radical (unpaired) electrons. The van der Waals surface area contributed by atoms with Crippen molar-refractivity contribution in [2.45, 2.75) is 45.6 Å². The van der Waals surface area contributed by atoms with E-state index >= 15 is 0 Å². The van der Waals surface area contributed by atoms with Crippen LogP contribution < -0.4 is 4.90 Å². The smallest absolute Gasteiger partial charge is 0.342 e. The molecule has 0 bridgehead atoms. The predicted octanol–water partition coefficient (Wildman–Crippen LogP) is 2.77. The maximum atomic E-state index is 12.9. The maximum absolute atomic E-state index is 12.9. The minimum absolute atomic E-state index is 0.00514. The van der Waals surface area contributed by atoms with Crippen LogP contribution >= 0.6 is 0 Å². The van der Waals surface area contributed by atoms with Crippen molar-refractivity contribution in [2.75, 3.05) is 11.5 Å². The van der Waals surface area contributed by atoms with Gasteiger partial charge in [-0.3, -0.25) is 4.79 Å². The van der Waals surface area contributed by atoms with Crippen LogP contribution in [0.3, 0.4) is 0 Å². The van der Waals surface area contributed by atoms with Gasteiger partial charge in [0.25, 0.3) is 11.7 Å². The molecule has 4 rings (SSSR count). The van der Waals surface area contributed by atoms with Crippen molar-refractivity contribution < 1.29 is 14.3 Å². The number of fused-ring (bicyclic) bond motifs is 2. The molecule has 1 aliphatic heterocycles. The van der Waals surface area contributed by atoms with Crippen molar-refractivity contribution in [2.24, 2.45) is 0 Å². The quantitative estimate of drug-likeness (QED) is 0.633. The molecule has 3 heterocycles. The second-order valence-corrected chi connectivity index (χ2v) is 7.54. The number of rotatable bonds is 4. The standard InChI is InChI=1S/C21H23N5O3/c1-13(2)19-16(10-22-21-23-12-24-26(19)21)20(28)29-11-18(27)25-14(3)8-9-15-6-4-5-7-17(15)25/h4-7,10,12-14H,8-9,11H2,1-3H3. The van der Waals surface area contributed by atoms with Crippen LogP contribution in [-0.2, 0) is 16.0 Å². The first-order valence-electron chi connectivity index (χ1n) is 9.73. The van der Waals surface area contributed by atoms with E-state index in [0.717, 1.165) is 24.1 Å². The topological polar surface area (TPSA) is 89.7 Å². The lowest BCUT2D eigenvalue weighted by atomic mass is 9.96. The molecule has 1 unspecified atom stereocenters. The van der Waals surface area contributed by atoms with Crippen molar-refractivity contribution >= 4 is 23.3 Å². The average Bonchev–Trinajstić information content (AvgIpc) is 3.19. The number of benzene rings is 1. The third kappa shape index (κ3) is 3.46. The Morgan fingerprint density at radius 1 is 1.24 bits per heavy atom. The maximum Gasteiger partial charge on any atom is 0.342 e. The van der Waals surface area contributed by atoms with Crippen LogP contribution in [-0.4, -0.2) is 44.1 Å². The molecule has 0 fully saturated rings. The van der Waals surface area contributed by atoms with Gasteiger partial charge in [-0.05, 0) is 37.3 Å². The number of nitrogens with zero attached hydrogens (tertiary/aromatic N) is 5. The van der Waals surface area contributed by atoms with E-state index in [1.807, 2.05) is 45.0 Å². The van der Waals surface area contributed by atoms with Crippen LogP contribution in [0.1, 0.15) is 54.7 Å². The number of para-hydroxylation sites is 1. The number of aryl methyl sites for hydroxylation is 1. The lowest BCUT2D eigenvalue weighted by Crippen LogP contribution is -2.44. The molecular weight excluding hydrogens is 370 g/mol. The van der Waals surface area contributed by atoms with Crippen LogP contribution in [0.5, 0.6) is 0 Å². The fourth-order valence-electron chi connectivity index (χ4n) is 3.85. The van der Waals surface area contributed by atoms with Crippen LogP contribution in [0.4, 0.5) is 5.69 Å². The highest BCUT2D eigenvalue weighted by atomic mass is 16.5. The lowest BCUT2D eigenvalue weighted by Gasteiger charge is -2.35. The van der Waals surface area contributed by atoms with Crippen molar-refractivity contribution in [1.29, 1.82) is 0 Å². The molecule has 2 aromatic heterocycles. The first-order valence-corrected chi connectivity index (χ1v) is 9.73. The lowest BCUT2D eigenvalue weighted by molar-refractivity contribution is -0.122. The van der Waals surface area contributed by atoms with Crippen molar-refractivity contribution in [1.82, 2.24) is 19.6 Å². The minimum atomic E-state index is -0.593. The van der Waals surface area contributed by atoms with Gasteiger partial charge >= 0.3 is 5.97 Å². The zero-order valence-corrected chi connectivity index (χ0v) is 16.7. The van der Waals surface area contributed by atoms with Gasteiger partial charge in [-0.25, -0.2) is 14.3 Å². The zero-order chi connectivity index (χ0) is 20.5. The summed E-state index contributed by atoms with van der Waals surface area (Å²) >= 11 is 0. The molecule has 0 N–H and O–H groups in total. The predicted molar refractivity (Wildman–Crippen MR) is 107 cm³/mol. The highest BCUT2D eigenvalue weighted by molar-refractivity contribution is 5.98. The molecule has 0 aliphatic carbocycles. The average molecular weight is 393 g/mol. The Balaban J connectivity index is 1.54. The largest absolute Gasteiger partial charge is 0.452 e. The normalized spacial score (nSPS) is 16.1. The number of carbonyl (C=O) groups excluding carboxylic acids is 2. The molecule has 29 heavy (non-hydrogen) atoms. The van der Waals surface area contributed by atoms with Gasteiger partial charge in [0.2, 0.25) is 0 Å². The first kappa shape index (κ1) is 19.0. The van der Waals surface area contributed by atoms with Crippen molar-refractivity contribution in [3.8, 4) is 0 Å². The van der Waals surface area contributed by atoms with Crippen LogP contribution in [0.2, 0.25) is 0 Å². The summed E-state index contributed by atoms with van der Waals surface area (Å²) in [5.41, 5.74) is 2.97. The number of anilines is 1. The summed E-state index contributed by atoms with van der Waals surface area (Å²) in [6.45, 7) is 5.58. The number of hydrogen-bond donors (Lipinski definition) is 0. The monoisotopic (exact) mass is 393 g/mol. The van der Waals surface area contributed by atoms with Crippen molar-refractivity contribution in [3.63, 3.8) is 0 Å². The molecule has 0 saturated heterocycles. The molecule has 1 aromatic carbocycles. The van der Waals surface area contributed by atoms with Gasteiger partial charge in [0.15, 0.2) is 6.61 Å². The summed E-state index contributed by atoms with van der Waals surface area (Å²) in [6.07, 6.45) is 4.64. The Hall–Kier alpha value is -3.29. The van der Waals surface area contributed by atoms with E-state index in [9.17, 15) is 9.59 Å². The number of aromatic nitrogens is 4. The number of hydrogen-bond acceptors (Lipinski definition) is 6. The third-order valence-corrected chi connectivity index (χ3v) is 5.23. The zero-order valence-electron chi connectivity index (χ0n) is 16.7. The number of esters is 1. The minimum Gasteiger partial charge on any atom is -0.452 e. The van der Waals surface area contributed by atoms with Gasteiger partial charge in [0, 0.05) is 17.9 Å². The van der Waals surface area contributed by atoms with Crippen molar-refractivity contribution in [3.05, 3.63) is 53.6 Å². The van der Waals surface area contributed by atoms with E-state index < -0.39 is 5.97 Å². The van der Waals surface area contributed by atoms with E-state index in [1.165, 1.54) is 17.0 Å². The second-order valence-electron chi connectivity index (χ2n) is 7.54. The number of ether oxygens (including phenoxy) is 1. The summed E-state index contributed by atoms with van der Waals surface area (Å²) < 4.78 is 6.92. The fourth-order valence-corrected chi connectivity index (χ4v) is 3.85. The Morgan fingerprint density at radius 3 is 2.83 bits per heavy atom. The molecule has 1 atom stereocenters. The Labute approximate surface area is 168 Å². The van der Waals surface area contributed by atoms with Crippen LogP contribution in [0.15, 0.2) is 36.8 Å². The summed E-state index contributed by atoms with van der Waals surface area (Å²) in [6, 6.07) is 7.90. The highest BCUT2D eigenvalue weighted by Crippen LogP contribution is 2.30. The number of carbonyl (C=O) groups is 2. The van der Waals surface area contributed by atoms with Crippen LogP contribution in [0.25, 0.3) is 5.78 Å². The van der Waals surface area contributed by atoms with E-state index in [1.54, 1.807) is 4.90 Å². The molecular formula is C21H23N5O3. The number of amides is 1. The van der Waals surface area contributed by atoms with Crippen LogP contribution in [0, 0.1) is 0 Å². The summed E-state index contributed by atoms with van der Waals surface area (Å²) in [5, 5.41) is 4.15. The van der Waals surface area contributed by atoms with Gasteiger partial charge < -0.3 is 9.64 Å².